The Morgan fingerprint density at radius 2 is 1.35 bits per heavy atom. The van der Waals surface area contributed by atoms with E-state index in [4.69, 9.17) is 18.9 Å². The van der Waals surface area contributed by atoms with Gasteiger partial charge in [-0.3, -0.25) is 9.59 Å². The van der Waals surface area contributed by atoms with Crippen LogP contribution in [0, 0.1) is 0 Å². The SMILES string of the molecule is CCCCNC(=O)COCCOCCNC(=O)COCCOC. The quantitative estimate of drug-likeness (QED) is 0.377. The van der Waals surface area contributed by atoms with Crippen LogP contribution in [-0.4, -0.2) is 78.3 Å². The van der Waals surface area contributed by atoms with Gasteiger partial charge < -0.3 is 29.6 Å². The fraction of sp³-hybridized carbons (Fsp3) is 0.867. The number of rotatable bonds is 16. The van der Waals surface area contributed by atoms with Gasteiger partial charge in [-0.1, -0.05) is 13.3 Å². The third-order valence-electron chi connectivity index (χ3n) is 2.69. The van der Waals surface area contributed by atoms with Gasteiger partial charge in [0.2, 0.25) is 11.8 Å². The molecule has 0 aliphatic rings. The summed E-state index contributed by atoms with van der Waals surface area (Å²) in [6.45, 7) is 5.18. The van der Waals surface area contributed by atoms with Crippen molar-refractivity contribution in [2.24, 2.45) is 0 Å². The first kappa shape index (κ1) is 21.8. The van der Waals surface area contributed by atoms with E-state index in [1.54, 1.807) is 7.11 Å². The number of carbonyl (C=O) groups excluding carboxylic acids is 2. The number of unbranched alkanes of at least 4 members (excludes halogenated alkanes) is 1. The minimum atomic E-state index is -0.190. The Bertz CT molecular complexity index is 302. The van der Waals surface area contributed by atoms with Crippen LogP contribution in [0.1, 0.15) is 19.8 Å². The van der Waals surface area contributed by atoms with Gasteiger partial charge in [-0.15, -0.1) is 0 Å². The molecule has 0 radical (unpaired) electrons. The molecule has 0 saturated heterocycles. The van der Waals surface area contributed by atoms with Crippen molar-refractivity contribution in [3.8, 4) is 0 Å². The Balaban J connectivity index is 3.23. The third kappa shape index (κ3) is 17.0. The molecule has 8 heteroatoms. The fourth-order valence-corrected chi connectivity index (χ4v) is 1.46. The third-order valence-corrected chi connectivity index (χ3v) is 2.69. The van der Waals surface area contributed by atoms with Crippen molar-refractivity contribution in [1.29, 1.82) is 0 Å². The smallest absolute Gasteiger partial charge is 0.246 e. The Labute approximate surface area is 138 Å². The van der Waals surface area contributed by atoms with Crippen LogP contribution in [0.4, 0.5) is 0 Å². The summed E-state index contributed by atoms with van der Waals surface area (Å²) < 4.78 is 20.3. The van der Waals surface area contributed by atoms with Crippen LogP contribution in [-0.2, 0) is 28.5 Å². The van der Waals surface area contributed by atoms with Gasteiger partial charge in [-0.05, 0) is 6.42 Å². The highest BCUT2D eigenvalue weighted by molar-refractivity contribution is 5.77. The Hall–Kier alpha value is -1.22. The van der Waals surface area contributed by atoms with E-state index in [1.165, 1.54) is 0 Å². The van der Waals surface area contributed by atoms with Gasteiger partial charge in [-0.25, -0.2) is 0 Å². The van der Waals surface area contributed by atoms with Crippen LogP contribution in [0.5, 0.6) is 0 Å². The molecule has 0 aromatic rings. The van der Waals surface area contributed by atoms with Gasteiger partial charge in [0.15, 0.2) is 0 Å². The molecular weight excluding hydrogens is 304 g/mol. The van der Waals surface area contributed by atoms with Crippen molar-refractivity contribution >= 4 is 11.8 Å². The Morgan fingerprint density at radius 3 is 1.96 bits per heavy atom. The van der Waals surface area contributed by atoms with Gasteiger partial charge in [-0.2, -0.15) is 0 Å². The van der Waals surface area contributed by atoms with Crippen LogP contribution in [0.15, 0.2) is 0 Å². The molecule has 0 saturated carbocycles. The standard InChI is InChI=1S/C15H30N2O6/c1-3-4-5-16-14(18)12-23-11-10-21-7-6-17-15(19)13-22-9-8-20-2/h3-13H2,1-2H3,(H,16,18)(H,17,19). The minimum Gasteiger partial charge on any atom is -0.382 e. The Kier molecular flexibility index (Phi) is 16.2. The monoisotopic (exact) mass is 334 g/mol. The van der Waals surface area contributed by atoms with Crippen LogP contribution in [0.25, 0.3) is 0 Å². The zero-order chi connectivity index (χ0) is 17.2. The summed E-state index contributed by atoms with van der Waals surface area (Å²) in [5, 5.41) is 5.42. The zero-order valence-electron chi connectivity index (χ0n) is 14.2. The minimum absolute atomic E-state index is 0.0135. The van der Waals surface area contributed by atoms with Crippen molar-refractivity contribution in [2.75, 3.05) is 66.4 Å². The Morgan fingerprint density at radius 1 is 0.783 bits per heavy atom. The summed E-state index contributed by atoms with van der Waals surface area (Å²) in [6, 6.07) is 0. The molecule has 0 rings (SSSR count). The molecule has 136 valence electrons. The van der Waals surface area contributed by atoms with Gasteiger partial charge >= 0.3 is 0 Å². The van der Waals surface area contributed by atoms with E-state index in [1.807, 2.05) is 0 Å². The molecular formula is C15H30N2O6. The van der Waals surface area contributed by atoms with E-state index >= 15 is 0 Å². The molecule has 0 unspecified atom stereocenters. The lowest BCUT2D eigenvalue weighted by Gasteiger charge is -2.08. The van der Waals surface area contributed by atoms with E-state index in [9.17, 15) is 9.59 Å². The lowest BCUT2D eigenvalue weighted by atomic mass is 10.3. The van der Waals surface area contributed by atoms with E-state index in [-0.39, 0.29) is 25.0 Å². The second kappa shape index (κ2) is 17.1. The van der Waals surface area contributed by atoms with E-state index < -0.39 is 0 Å². The normalized spacial score (nSPS) is 10.5. The van der Waals surface area contributed by atoms with Crippen molar-refractivity contribution < 1.29 is 28.5 Å². The van der Waals surface area contributed by atoms with Crippen LogP contribution >= 0.6 is 0 Å². The summed E-state index contributed by atoms with van der Waals surface area (Å²) in [7, 11) is 1.57. The van der Waals surface area contributed by atoms with Crippen LogP contribution < -0.4 is 10.6 Å². The number of hydrogen-bond donors (Lipinski definition) is 2. The van der Waals surface area contributed by atoms with Crippen LogP contribution in [0.2, 0.25) is 0 Å². The molecule has 2 N–H and O–H groups in total. The van der Waals surface area contributed by atoms with E-state index in [2.05, 4.69) is 17.6 Å². The summed E-state index contributed by atoms with van der Waals surface area (Å²) in [4.78, 5) is 22.6. The summed E-state index contributed by atoms with van der Waals surface area (Å²) in [5.41, 5.74) is 0. The second-order valence-electron chi connectivity index (χ2n) is 4.76. The maximum atomic E-state index is 11.3. The molecule has 2 amide bonds. The first-order chi connectivity index (χ1) is 11.2. The average molecular weight is 334 g/mol. The molecule has 0 aromatic heterocycles. The molecule has 0 aliphatic heterocycles. The first-order valence-corrected chi connectivity index (χ1v) is 7.96. The van der Waals surface area contributed by atoms with Gasteiger partial charge in [0.1, 0.15) is 13.2 Å². The molecule has 0 atom stereocenters. The highest BCUT2D eigenvalue weighted by Gasteiger charge is 2.01. The van der Waals surface area contributed by atoms with Gasteiger partial charge in [0.25, 0.3) is 0 Å². The number of ether oxygens (including phenoxy) is 4. The number of amides is 2. The van der Waals surface area contributed by atoms with E-state index in [0.717, 1.165) is 12.8 Å². The highest BCUT2D eigenvalue weighted by atomic mass is 16.5. The molecule has 0 heterocycles. The summed E-state index contributed by atoms with van der Waals surface area (Å²) in [5.74, 6) is -0.302. The first-order valence-electron chi connectivity index (χ1n) is 7.96. The second-order valence-corrected chi connectivity index (χ2v) is 4.76. The number of methoxy groups -OCH3 is 1. The van der Waals surface area contributed by atoms with Gasteiger partial charge in [0.05, 0.1) is 33.0 Å². The molecule has 0 bridgehead atoms. The predicted molar refractivity (Wildman–Crippen MR) is 85.3 cm³/mol. The lowest BCUT2D eigenvalue weighted by molar-refractivity contribution is -0.127. The largest absolute Gasteiger partial charge is 0.382 e. The van der Waals surface area contributed by atoms with Crippen molar-refractivity contribution in [3.63, 3.8) is 0 Å². The molecule has 0 spiro atoms. The maximum Gasteiger partial charge on any atom is 0.246 e. The lowest BCUT2D eigenvalue weighted by Crippen LogP contribution is -2.31. The number of nitrogens with one attached hydrogen (secondary N) is 2. The molecule has 23 heavy (non-hydrogen) atoms. The molecule has 0 fully saturated rings. The maximum absolute atomic E-state index is 11.3. The number of carbonyl (C=O) groups is 2. The van der Waals surface area contributed by atoms with Crippen molar-refractivity contribution in [1.82, 2.24) is 10.6 Å². The molecule has 0 aromatic carbocycles. The van der Waals surface area contributed by atoms with Crippen molar-refractivity contribution in [2.45, 2.75) is 19.8 Å². The predicted octanol–water partition coefficient (Wildman–Crippen LogP) is -0.285. The fourth-order valence-electron chi connectivity index (χ4n) is 1.46. The summed E-state index contributed by atoms with van der Waals surface area (Å²) >= 11 is 0. The van der Waals surface area contributed by atoms with Crippen molar-refractivity contribution in [3.05, 3.63) is 0 Å². The van der Waals surface area contributed by atoms with E-state index in [0.29, 0.717) is 46.1 Å². The molecule has 8 nitrogen and oxygen atoms in total. The zero-order valence-corrected chi connectivity index (χ0v) is 14.2. The average Bonchev–Trinajstić information content (AvgIpc) is 2.54. The van der Waals surface area contributed by atoms with Gasteiger partial charge in [0, 0.05) is 20.2 Å². The highest BCUT2D eigenvalue weighted by Crippen LogP contribution is 1.84. The summed E-state index contributed by atoms with van der Waals surface area (Å²) in [6.07, 6.45) is 2.02. The van der Waals surface area contributed by atoms with Crippen LogP contribution in [0.3, 0.4) is 0 Å². The molecule has 0 aliphatic carbocycles. The topological polar surface area (TPSA) is 95.1 Å². The number of hydrogen-bond acceptors (Lipinski definition) is 6.